The van der Waals surface area contributed by atoms with Crippen molar-refractivity contribution in [1.29, 1.82) is 0 Å². The van der Waals surface area contributed by atoms with Crippen molar-refractivity contribution in [1.82, 2.24) is 9.88 Å². The van der Waals surface area contributed by atoms with Crippen LogP contribution in [0.25, 0.3) is 0 Å². The molecule has 0 spiro atoms. The maximum absolute atomic E-state index is 12.4. The molecule has 0 saturated carbocycles. The molecule has 0 N–H and O–H groups in total. The second-order valence-electron chi connectivity index (χ2n) is 4.79. The Balaban J connectivity index is 1.72. The Hall–Kier alpha value is -2.10. The lowest BCUT2D eigenvalue weighted by Gasteiger charge is -2.23. The maximum atomic E-state index is 12.4. The molecule has 4 nitrogen and oxygen atoms in total. The lowest BCUT2D eigenvalue weighted by molar-refractivity contribution is -0.131. The Labute approximate surface area is 112 Å². The number of carbonyl (C=O) groups is 1. The normalized spacial score (nSPS) is 18.7. The van der Waals surface area contributed by atoms with E-state index in [1.54, 1.807) is 18.7 Å². The van der Waals surface area contributed by atoms with Crippen LogP contribution in [0.15, 0.2) is 47.3 Å². The standard InChI is InChI=1S/C15H16N2O2/c18-15(11-12-5-7-16-8-6-12)17-9-1-3-13(17)14-4-2-10-19-14/h2,4-8,10,13H,1,3,9,11H2. The van der Waals surface area contributed by atoms with Gasteiger partial charge < -0.3 is 9.32 Å². The van der Waals surface area contributed by atoms with Crippen molar-refractivity contribution < 1.29 is 9.21 Å². The number of nitrogens with zero attached hydrogens (tertiary/aromatic N) is 2. The molecule has 0 aromatic carbocycles. The van der Waals surface area contributed by atoms with Crippen molar-refractivity contribution in [3.63, 3.8) is 0 Å². The molecule has 0 aliphatic carbocycles. The molecule has 19 heavy (non-hydrogen) atoms. The van der Waals surface area contributed by atoms with Gasteiger partial charge in [-0.2, -0.15) is 0 Å². The summed E-state index contributed by atoms with van der Waals surface area (Å²) in [4.78, 5) is 18.3. The molecule has 1 fully saturated rings. The minimum Gasteiger partial charge on any atom is -0.467 e. The molecule has 0 radical (unpaired) electrons. The molecular weight excluding hydrogens is 240 g/mol. The Morgan fingerprint density at radius 2 is 2.21 bits per heavy atom. The zero-order valence-electron chi connectivity index (χ0n) is 10.7. The van der Waals surface area contributed by atoms with E-state index in [9.17, 15) is 4.79 Å². The summed E-state index contributed by atoms with van der Waals surface area (Å²) in [6, 6.07) is 7.69. The molecule has 3 heterocycles. The molecule has 1 aliphatic heterocycles. The lowest BCUT2D eigenvalue weighted by Crippen LogP contribution is -2.31. The fraction of sp³-hybridized carbons (Fsp3) is 0.333. The smallest absolute Gasteiger partial charge is 0.227 e. The fourth-order valence-corrected chi connectivity index (χ4v) is 2.62. The maximum Gasteiger partial charge on any atom is 0.227 e. The summed E-state index contributed by atoms with van der Waals surface area (Å²) in [6.07, 6.45) is 7.55. The van der Waals surface area contributed by atoms with Crippen molar-refractivity contribution in [3.05, 3.63) is 54.2 Å². The van der Waals surface area contributed by atoms with Gasteiger partial charge in [0, 0.05) is 18.9 Å². The van der Waals surface area contributed by atoms with Crippen molar-refractivity contribution in [3.8, 4) is 0 Å². The number of aromatic nitrogens is 1. The number of furan rings is 1. The van der Waals surface area contributed by atoms with Gasteiger partial charge in [-0.15, -0.1) is 0 Å². The van der Waals surface area contributed by atoms with Gasteiger partial charge in [0.05, 0.1) is 18.7 Å². The van der Waals surface area contributed by atoms with Gasteiger partial charge in [-0.1, -0.05) is 0 Å². The van der Waals surface area contributed by atoms with Gasteiger partial charge in [0.15, 0.2) is 0 Å². The Kier molecular flexibility index (Phi) is 3.31. The molecule has 2 aromatic rings. The van der Waals surface area contributed by atoms with Gasteiger partial charge in [-0.25, -0.2) is 0 Å². The number of likely N-dealkylation sites (tertiary alicyclic amines) is 1. The SMILES string of the molecule is O=C(Cc1ccncc1)N1CCCC1c1ccco1. The zero-order chi connectivity index (χ0) is 13.1. The van der Waals surface area contributed by atoms with Crippen LogP contribution in [-0.4, -0.2) is 22.3 Å². The highest BCUT2D eigenvalue weighted by Crippen LogP contribution is 2.32. The summed E-state index contributed by atoms with van der Waals surface area (Å²) >= 11 is 0. The van der Waals surface area contributed by atoms with Gasteiger partial charge in [0.2, 0.25) is 5.91 Å². The largest absolute Gasteiger partial charge is 0.467 e. The number of hydrogen-bond donors (Lipinski definition) is 0. The van der Waals surface area contributed by atoms with Crippen LogP contribution >= 0.6 is 0 Å². The van der Waals surface area contributed by atoms with Crippen LogP contribution in [0.2, 0.25) is 0 Å². The fourth-order valence-electron chi connectivity index (χ4n) is 2.62. The first kappa shape index (κ1) is 12.0. The predicted molar refractivity (Wildman–Crippen MR) is 70.3 cm³/mol. The molecule has 0 bridgehead atoms. The lowest BCUT2D eigenvalue weighted by atomic mass is 10.1. The van der Waals surface area contributed by atoms with Crippen molar-refractivity contribution in [2.75, 3.05) is 6.54 Å². The number of hydrogen-bond acceptors (Lipinski definition) is 3. The van der Waals surface area contributed by atoms with Crippen molar-refractivity contribution >= 4 is 5.91 Å². The molecule has 98 valence electrons. The minimum absolute atomic E-state index is 0.101. The van der Waals surface area contributed by atoms with Gasteiger partial charge in [0.1, 0.15) is 5.76 Å². The van der Waals surface area contributed by atoms with Gasteiger partial charge in [-0.05, 0) is 42.7 Å². The number of carbonyl (C=O) groups excluding carboxylic acids is 1. The summed E-state index contributed by atoms with van der Waals surface area (Å²) in [6.45, 7) is 0.815. The van der Waals surface area contributed by atoms with Gasteiger partial charge in [0.25, 0.3) is 0 Å². The summed E-state index contributed by atoms with van der Waals surface area (Å²) in [5, 5.41) is 0. The monoisotopic (exact) mass is 256 g/mol. The highest BCUT2D eigenvalue weighted by atomic mass is 16.3. The minimum atomic E-state index is 0.101. The van der Waals surface area contributed by atoms with Crippen LogP contribution in [0.5, 0.6) is 0 Å². The summed E-state index contributed by atoms with van der Waals surface area (Å²) in [5.74, 6) is 1.05. The molecule has 1 atom stereocenters. The molecular formula is C15H16N2O2. The first-order valence-electron chi connectivity index (χ1n) is 6.56. The van der Waals surface area contributed by atoms with E-state index in [0.717, 1.165) is 30.7 Å². The first-order chi connectivity index (χ1) is 9.34. The van der Waals surface area contributed by atoms with E-state index < -0.39 is 0 Å². The molecule has 1 amide bonds. The number of rotatable bonds is 3. The Bertz CT molecular complexity index is 537. The molecule has 2 aromatic heterocycles. The van der Waals surface area contributed by atoms with E-state index in [4.69, 9.17) is 4.42 Å². The molecule has 1 saturated heterocycles. The average Bonchev–Trinajstić information content (AvgIpc) is 3.10. The van der Waals surface area contributed by atoms with Crippen LogP contribution in [0.4, 0.5) is 0 Å². The van der Waals surface area contributed by atoms with Gasteiger partial charge >= 0.3 is 0 Å². The summed E-state index contributed by atoms with van der Waals surface area (Å²) < 4.78 is 5.44. The number of amides is 1. The third-order valence-electron chi connectivity index (χ3n) is 3.55. The summed E-state index contributed by atoms with van der Waals surface area (Å²) in [5.41, 5.74) is 1.00. The zero-order valence-corrected chi connectivity index (χ0v) is 10.7. The molecule has 1 aliphatic rings. The third kappa shape index (κ3) is 2.52. The molecule has 3 rings (SSSR count). The van der Waals surface area contributed by atoms with Crippen LogP contribution in [0, 0.1) is 0 Å². The van der Waals surface area contributed by atoms with E-state index in [1.165, 1.54) is 0 Å². The quantitative estimate of drug-likeness (QED) is 0.848. The Morgan fingerprint density at radius 1 is 1.37 bits per heavy atom. The molecule has 1 unspecified atom stereocenters. The van der Waals surface area contributed by atoms with Crippen LogP contribution in [0.1, 0.15) is 30.2 Å². The third-order valence-corrected chi connectivity index (χ3v) is 3.55. The highest BCUT2D eigenvalue weighted by Gasteiger charge is 2.31. The van der Waals surface area contributed by atoms with Crippen LogP contribution < -0.4 is 0 Å². The second-order valence-corrected chi connectivity index (χ2v) is 4.79. The highest BCUT2D eigenvalue weighted by molar-refractivity contribution is 5.79. The second kappa shape index (κ2) is 5.26. The van der Waals surface area contributed by atoms with E-state index in [0.29, 0.717) is 6.42 Å². The summed E-state index contributed by atoms with van der Waals surface area (Å²) in [7, 11) is 0. The predicted octanol–water partition coefficient (Wildman–Crippen LogP) is 2.58. The van der Waals surface area contributed by atoms with Crippen LogP contribution in [-0.2, 0) is 11.2 Å². The van der Waals surface area contributed by atoms with Crippen molar-refractivity contribution in [2.45, 2.75) is 25.3 Å². The average molecular weight is 256 g/mol. The Morgan fingerprint density at radius 3 is 2.95 bits per heavy atom. The van der Waals surface area contributed by atoms with Crippen molar-refractivity contribution in [2.24, 2.45) is 0 Å². The number of pyridine rings is 1. The van der Waals surface area contributed by atoms with Gasteiger partial charge in [-0.3, -0.25) is 9.78 Å². The van der Waals surface area contributed by atoms with E-state index in [-0.39, 0.29) is 11.9 Å². The van der Waals surface area contributed by atoms with E-state index in [2.05, 4.69) is 4.98 Å². The first-order valence-corrected chi connectivity index (χ1v) is 6.56. The van der Waals surface area contributed by atoms with E-state index in [1.807, 2.05) is 29.2 Å². The van der Waals surface area contributed by atoms with Crippen LogP contribution in [0.3, 0.4) is 0 Å². The molecule has 4 heteroatoms. The topological polar surface area (TPSA) is 46.3 Å². The van der Waals surface area contributed by atoms with E-state index >= 15 is 0 Å².